The highest BCUT2D eigenvalue weighted by Crippen LogP contribution is 2.29. The predicted octanol–water partition coefficient (Wildman–Crippen LogP) is 4.44. The van der Waals surface area contributed by atoms with Crippen LogP contribution >= 0.6 is 0 Å². The van der Waals surface area contributed by atoms with E-state index < -0.39 is 12.0 Å². The Morgan fingerprint density at radius 3 is 2.42 bits per heavy atom. The van der Waals surface area contributed by atoms with Crippen molar-refractivity contribution in [2.75, 3.05) is 18.1 Å². The molecule has 4 rings (SSSR count). The van der Waals surface area contributed by atoms with Crippen LogP contribution in [-0.2, 0) is 22.6 Å². The molecule has 0 spiro atoms. The maximum atomic E-state index is 12.5. The largest absolute Gasteiger partial charge is 0.489 e. The van der Waals surface area contributed by atoms with Crippen molar-refractivity contribution in [1.82, 2.24) is 0 Å². The van der Waals surface area contributed by atoms with Crippen molar-refractivity contribution >= 4 is 17.4 Å². The van der Waals surface area contributed by atoms with Crippen molar-refractivity contribution in [3.8, 4) is 5.75 Å². The van der Waals surface area contributed by atoms with E-state index in [-0.39, 0.29) is 12.4 Å². The van der Waals surface area contributed by atoms with Gasteiger partial charge in [0.05, 0.1) is 0 Å². The first-order chi connectivity index (χ1) is 15.1. The van der Waals surface area contributed by atoms with Gasteiger partial charge in [0.2, 0.25) is 0 Å². The van der Waals surface area contributed by atoms with Gasteiger partial charge >= 0.3 is 5.97 Å². The quantitative estimate of drug-likeness (QED) is 0.402. The minimum Gasteiger partial charge on any atom is -0.489 e. The van der Waals surface area contributed by atoms with Gasteiger partial charge in [-0.2, -0.15) is 0 Å². The lowest BCUT2D eigenvalue weighted by Gasteiger charge is -2.25. The van der Waals surface area contributed by atoms with E-state index >= 15 is 0 Å². The normalized spacial score (nSPS) is 13.4. The predicted molar refractivity (Wildman–Crippen MR) is 119 cm³/mol. The number of nitrogens with zero attached hydrogens (tertiary/aromatic N) is 1. The van der Waals surface area contributed by atoms with Crippen molar-refractivity contribution in [3.63, 3.8) is 0 Å². The van der Waals surface area contributed by atoms with E-state index in [0.29, 0.717) is 17.9 Å². The molecule has 158 valence electrons. The van der Waals surface area contributed by atoms with Gasteiger partial charge in [0, 0.05) is 17.8 Å². The van der Waals surface area contributed by atoms with E-state index in [1.807, 2.05) is 60.4 Å². The molecular weight excluding hydrogens is 390 g/mol. The van der Waals surface area contributed by atoms with Crippen LogP contribution in [-0.4, -0.2) is 30.9 Å². The number of rotatable bonds is 8. The van der Waals surface area contributed by atoms with Crippen molar-refractivity contribution < 1.29 is 19.1 Å². The lowest BCUT2D eigenvalue weighted by atomic mass is 10.1. The molecule has 1 unspecified atom stereocenters. The molecule has 0 amide bonds. The number of para-hydroxylation sites is 1. The van der Waals surface area contributed by atoms with Gasteiger partial charge < -0.3 is 14.4 Å². The van der Waals surface area contributed by atoms with Crippen LogP contribution in [0.25, 0.3) is 0 Å². The number of Topliss-reactive ketones (excluding diaryl/α,β-unsaturated/α-hetero) is 1. The number of anilines is 1. The summed E-state index contributed by atoms with van der Waals surface area (Å²) in [5, 5.41) is 0. The van der Waals surface area contributed by atoms with Crippen LogP contribution in [0, 0.1) is 0 Å². The monoisotopic (exact) mass is 415 g/mol. The number of esters is 1. The van der Waals surface area contributed by atoms with Crippen LogP contribution in [0.3, 0.4) is 0 Å². The summed E-state index contributed by atoms with van der Waals surface area (Å²) in [5.74, 6) is 0.0450. The third-order valence-electron chi connectivity index (χ3n) is 5.50. The fraction of sp³-hybridized carbons (Fsp3) is 0.231. The molecule has 0 fully saturated rings. The fourth-order valence-electron chi connectivity index (χ4n) is 3.71. The summed E-state index contributed by atoms with van der Waals surface area (Å²) in [4.78, 5) is 27.0. The SMILES string of the molecule is CC(C(=O)OCC(=O)c1ccc(OCc2ccccc2)cc1)N1CCc2ccccc21. The standard InChI is InChI=1S/C26H25NO4/c1-19(27-16-15-21-9-5-6-10-24(21)27)26(29)31-18-25(28)22-11-13-23(14-12-22)30-17-20-7-3-2-4-8-20/h2-14,19H,15-18H2,1H3. The van der Waals surface area contributed by atoms with E-state index in [4.69, 9.17) is 9.47 Å². The molecule has 5 nitrogen and oxygen atoms in total. The van der Waals surface area contributed by atoms with Gasteiger partial charge in [-0.1, -0.05) is 48.5 Å². The van der Waals surface area contributed by atoms with E-state index in [2.05, 4.69) is 6.07 Å². The Kier molecular flexibility index (Phi) is 6.32. The zero-order valence-electron chi connectivity index (χ0n) is 17.5. The molecule has 1 atom stereocenters. The summed E-state index contributed by atoms with van der Waals surface area (Å²) in [7, 11) is 0. The second-order valence-corrected chi connectivity index (χ2v) is 7.58. The first-order valence-electron chi connectivity index (χ1n) is 10.4. The number of carbonyl (C=O) groups is 2. The minimum atomic E-state index is -0.440. The van der Waals surface area contributed by atoms with E-state index in [1.165, 1.54) is 5.56 Å². The first kappa shape index (κ1) is 20.7. The summed E-state index contributed by atoms with van der Waals surface area (Å²) in [6, 6.07) is 24.4. The van der Waals surface area contributed by atoms with Crippen LogP contribution < -0.4 is 9.64 Å². The summed E-state index contributed by atoms with van der Waals surface area (Å²) in [5.41, 5.74) is 3.85. The molecule has 3 aromatic carbocycles. The second kappa shape index (κ2) is 9.47. The van der Waals surface area contributed by atoms with Crippen LogP contribution in [0.15, 0.2) is 78.9 Å². The molecule has 0 N–H and O–H groups in total. The average molecular weight is 415 g/mol. The van der Waals surface area contributed by atoms with Gasteiger partial charge in [-0.05, 0) is 54.8 Å². The number of carbonyl (C=O) groups excluding carboxylic acids is 2. The summed E-state index contributed by atoms with van der Waals surface area (Å²) in [6.07, 6.45) is 0.908. The van der Waals surface area contributed by atoms with Gasteiger partial charge in [0.25, 0.3) is 0 Å². The van der Waals surface area contributed by atoms with Crippen LogP contribution in [0.1, 0.15) is 28.4 Å². The van der Waals surface area contributed by atoms with E-state index in [0.717, 1.165) is 24.2 Å². The Labute approximate surface area is 182 Å². The van der Waals surface area contributed by atoms with Crippen molar-refractivity contribution in [2.24, 2.45) is 0 Å². The zero-order chi connectivity index (χ0) is 21.6. The van der Waals surface area contributed by atoms with Gasteiger partial charge in [-0.3, -0.25) is 4.79 Å². The van der Waals surface area contributed by atoms with Crippen LogP contribution in [0.2, 0.25) is 0 Å². The second-order valence-electron chi connectivity index (χ2n) is 7.58. The van der Waals surface area contributed by atoms with Crippen molar-refractivity contribution in [2.45, 2.75) is 26.0 Å². The summed E-state index contributed by atoms with van der Waals surface area (Å²) >= 11 is 0. The Bertz CT molecular complexity index is 1050. The maximum Gasteiger partial charge on any atom is 0.328 e. The Balaban J connectivity index is 1.28. The number of ether oxygens (including phenoxy) is 2. The van der Waals surface area contributed by atoms with Gasteiger partial charge in [-0.15, -0.1) is 0 Å². The molecule has 1 heterocycles. The first-order valence-corrected chi connectivity index (χ1v) is 10.4. The molecule has 0 saturated carbocycles. The van der Waals surface area contributed by atoms with Crippen LogP contribution in [0.5, 0.6) is 5.75 Å². The highest BCUT2D eigenvalue weighted by atomic mass is 16.5. The topological polar surface area (TPSA) is 55.8 Å². The number of ketones is 1. The maximum absolute atomic E-state index is 12.5. The Hall–Kier alpha value is -3.60. The highest BCUT2D eigenvalue weighted by molar-refractivity contribution is 5.98. The lowest BCUT2D eigenvalue weighted by Crippen LogP contribution is -2.39. The molecule has 3 aromatic rings. The smallest absolute Gasteiger partial charge is 0.328 e. The fourth-order valence-corrected chi connectivity index (χ4v) is 3.71. The molecule has 1 aliphatic heterocycles. The number of hydrogen-bond acceptors (Lipinski definition) is 5. The average Bonchev–Trinajstić information content (AvgIpc) is 3.25. The summed E-state index contributed by atoms with van der Waals surface area (Å²) in [6.45, 7) is 2.77. The molecular formula is C26H25NO4. The lowest BCUT2D eigenvalue weighted by molar-refractivity contribution is -0.143. The van der Waals surface area contributed by atoms with Crippen LogP contribution in [0.4, 0.5) is 5.69 Å². The van der Waals surface area contributed by atoms with Gasteiger partial charge in [0.15, 0.2) is 12.4 Å². The third kappa shape index (κ3) is 4.94. The molecule has 31 heavy (non-hydrogen) atoms. The van der Waals surface area contributed by atoms with Crippen molar-refractivity contribution in [3.05, 3.63) is 95.6 Å². The molecule has 5 heteroatoms. The minimum absolute atomic E-state index is 0.239. The molecule has 0 aromatic heterocycles. The molecule has 0 radical (unpaired) electrons. The number of benzene rings is 3. The Morgan fingerprint density at radius 2 is 1.65 bits per heavy atom. The van der Waals surface area contributed by atoms with Gasteiger partial charge in [0.1, 0.15) is 18.4 Å². The Morgan fingerprint density at radius 1 is 0.935 bits per heavy atom. The molecule has 0 saturated heterocycles. The van der Waals surface area contributed by atoms with E-state index in [1.54, 1.807) is 24.3 Å². The van der Waals surface area contributed by atoms with Crippen molar-refractivity contribution in [1.29, 1.82) is 0 Å². The summed E-state index contributed by atoms with van der Waals surface area (Å²) < 4.78 is 11.1. The molecule has 1 aliphatic rings. The zero-order valence-corrected chi connectivity index (χ0v) is 17.5. The third-order valence-corrected chi connectivity index (χ3v) is 5.50. The van der Waals surface area contributed by atoms with Gasteiger partial charge in [-0.25, -0.2) is 4.79 Å². The molecule has 0 aliphatic carbocycles. The molecule has 0 bridgehead atoms. The number of fused-ring (bicyclic) bond motifs is 1. The van der Waals surface area contributed by atoms with E-state index in [9.17, 15) is 9.59 Å². The number of hydrogen-bond donors (Lipinski definition) is 0. The highest BCUT2D eigenvalue weighted by Gasteiger charge is 2.28.